The summed E-state index contributed by atoms with van der Waals surface area (Å²) in [5, 5.41) is 3.78. The van der Waals surface area contributed by atoms with Gasteiger partial charge >= 0.3 is 0 Å². The van der Waals surface area contributed by atoms with Crippen molar-refractivity contribution in [1.29, 1.82) is 0 Å². The minimum Gasteiger partial charge on any atom is -0.352 e. The van der Waals surface area contributed by atoms with Gasteiger partial charge in [-0.3, -0.25) is 4.79 Å². The normalized spacial score (nSPS) is 15.5. The molecule has 150 valence electrons. The lowest BCUT2D eigenvalue weighted by Crippen LogP contribution is -2.16. The van der Waals surface area contributed by atoms with Crippen molar-refractivity contribution >= 4 is 39.7 Å². The number of imidazole rings is 1. The lowest BCUT2D eigenvalue weighted by atomic mass is 10.0. The molecule has 6 nitrogen and oxygen atoms in total. The van der Waals surface area contributed by atoms with E-state index < -0.39 is 0 Å². The molecule has 3 aromatic rings. The number of hydrogen-bond donors (Lipinski definition) is 3. The third kappa shape index (κ3) is 3.96. The first-order chi connectivity index (χ1) is 14.0. The van der Waals surface area contributed by atoms with E-state index in [9.17, 15) is 9.18 Å². The van der Waals surface area contributed by atoms with Gasteiger partial charge in [0.05, 0.1) is 23.3 Å². The van der Waals surface area contributed by atoms with Crippen LogP contribution in [0.4, 0.5) is 15.8 Å². The SMILES string of the molecule is CC/C(F)=C(\C=C(/C)Cl)c1cc(Nc2ccnc3nc[nH]c23)c(C2CC2)[nH]c1=O. The number of hydrogen-bond acceptors (Lipinski definition) is 4. The van der Waals surface area contributed by atoms with E-state index in [2.05, 4.69) is 25.3 Å². The Balaban J connectivity index is 1.87. The summed E-state index contributed by atoms with van der Waals surface area (Å²) >= 11 is 6.00. The topological polar surface area (TPSA) is 86.5 Å². The molecule has 1 saturated carbocycles. The second-order valence-corrected chi connectivity index (χ2v) is 7.70. The van der Waals surface area contributed by atoms with Crippen LogP contribution in [0, 0.1) is 0 Å². The summed E-state index contributed by atoms with van der Waals surface area (Å²) < 4.78 is 14.6. The minimum absolute atomic E-state index is 0.168. The highest BCUT2D eigenvalue weighted by atomic mass is 35.5. The van der Waals surface area contributed by atoms with E-state index in [1.165, 1.54) is 6.08 Å². The fourth-order valence-corrected chi connectivity index (χ4v) is 3.44. The quantitative estimate of drug-likeness (QED) is 0.465. The maximum Gasteiger partial charge on any atom is 0.256 e. The molecule has 3 heterocycles. The number of pyridine rings is 2. The third-order valence-electron chi connectivity index (χ3n) is 4.89. The Bertz CT molecular complexity index is 1190. The number of halogens is 2. The molecule has 1 fully saturated rings. The first-order valence-electron chi connectivity index (χ1n) is 9.53. The number of H-pyrrole nitrogens is 2. The lowest BCUT2D eigenvalue weighted by Gasteiger charge is -2.15. The number of anilines is 2. The Hall–Kier alpha value is -2.93. The average Bonchev–Trinajstić information content (AvgIpc) is 3.43. The van der Waals surface area contributed by atoms with Gasteiger partial charge in [-0.25, -0.2) is 14.4 Å². The molecule has 3 N–H and O–H groups in total. The van der Waals surface area contributed by atoms with Gasteiger partial charge in [0.2, 0.25) is 0 Å². The van der Waals surface area contributed by atoms with E-state index in [-0.39, 0.29) is 34.9 Å². The van der Waals surface area contributed by atoms with Crippen molar-refractivity contribution < 1.29 is 4.39 Å². The fourth-order valence-electron chi connectivity index (χ4n) is 3.33. The van der Waals surface area contributed by atoms with Crippen LogP contribution in [-0.2, 0) is 0 Å². The molecule has 29 heavy (non-hydrogen) atoms. The van der Waals surface area contributed by atoms with Crippen molar-refractivity contribution in [3.63, 3.8) is 0 Å². The van der Waals surface area contributed by atoms with Gasteiger partial charge in [0.1, 0.15) is 11.3 Å². The van der Waals surface area contributed by atoms with Gasteiger partial charge in [-0.15, -0.1) is 0 Å². The molecule has 0 radical (unpaired) electrons. The molecule has 0 amide bonds. The molecule has 0 atom stereocenters. The Morgan fingerprint density at radius 3 is 2.86 bits per heavy atom. The predicted molar refractivity (Wildman–Crippen MR) is 114 cm³/mol. The van der Waals surface area contributed by atoms with Crippen LogP contribution in [-0.4, -0.2) is 19.9 Å². The summed E-state index contributed by atoms with van der Waals surface area (Å²) in [4.78, 5) is 27.2. The highest BCUT2D eigenvalue weighted by molar-refractivity contribution is 6.29. The zero-order valence-electron chi connectivity index (χ0n) is 16.1. The van der Waals surface area contributed by atoms with Crippen molar-refractivity contribution in [2.75, 3.05) is 5.32 Å². The minimum atomic E-state index is -0.388. The van der Waals surface area contributed by atoms with Gasteiger partial charge < -0.3 is 15.3 Å². The second-order valence-electron chi connectivity index (χ2n) is 7.10. The summed E-state index contributed by atoms with van der Waals surface area (Å²) in [6.07, 6.45) is 6.91. The molecular formula is C21H21ClFN5O. The zero-order valence-corrected chi connectivity index (χ0v) is 16.9. The van der Waals surface area contributed by atoms with Crippen LogP contribution in [0.15, 0.2) is 46.4 Å². The maximum atomic E-state index is 14.6. The monoisotopic (exact) mass is 413 g/mol. The predicted octanol–water partition coefficient (Wildman–Crippen LogP) is 5.50. The maximum absolute atomic E-state index is 14.6. The summed E-state index contributed by atoms with van der Waals surface area (Å²) in [5.74, 6) is -0.104. The molecule has 0 unspecified atom stereocenters. The second kappa shape index (κ2) is 7.83. The van der Waals surface area contributed by atoms with Crippen LogP contribution in [0.3, 0.4) is 0 Å². The highest BCUT2D eigenvalue weighted by Crippen LogP contribution is 2.43. The molecule has 1 aliphatic rings. The number of nitrogens with zero attached hydrogens (tertiary/aromatic N) is 2. The fraction of sp³-hybridized carbons (Fsp3) is 0.286. The average molecular weight is 414 g/mol. The van der Waals surface area contributed by atoms with Crippen LogP contribution in [0.1, 0.15) is 50.3 Å². The van der Waals surface area contributed by atoms with Gasteiger partial charge in [0, 0.05) is 28.4 Å². The molecule has 0 spiro atoms. The Morgan fingerprint density at radius 2 is 2.17 bits per heavy atom. The van der Waals surface area contributed by atoms with Crippen LogP contribution in [0.5, 0.6) is 0 Å². The van der Waals surface area contributed by atoms with E-state index in [1.807, 2.05) is 6.07 Å². The summed E-state index contributed by atoms with van der Waals surface area (Å²) in [6, 6.07) is 3.53. The highest BCUT2D eigenvalue weighted by Gasteiger charge is 2.28. The van der Waals surface area contributed by atoms with Crippen LogP contribution in [0.2, 0.25) is 0 Å². The number of allylic oxidation sites excluding steroid dienone is 4. The third-order valence-corrected chi connectivity index (χ3v) is 5.00. The summed E-state index contributed by atoms with van der Waals surface area (Å²) in [7, 11) is 0. The molecule has 0 aromatic carbocycles. The molecular weight excluding hydrogens is 393 g/mol. The van der Waals surface area contributed by atoms with Crippen LogP contribution in [0.25, 0.3) is 16.7 Å². The van der Waals surface area contributed by atoms with Crippen LogP contribution < -0.4 is 10.9 Å². The Labute approximate surface area is 171 Å². The van der Waals surface area contributed by atoms with E-state index in [0.717, 1.165) is 35.4 Å². The number of rotatable bonds is 6. The number of nitrogens with one attached hydrogen (secondary N) is 3. The molecule has 3 aromatic heterocycles. The van der Waals surface area contributed by atoms with E-state index in [1.54, 1.807) is 32.4 Å². The number of aromatic amines is 2. The van der Waals surface area contributed by atoms with Crippen molar-refractivity contribution in [2.45, 2.75) is 39.0 Å². The Morgan fingerprint density at radius 1 is 1.38 bits per heavy atom. The van der Waals surface area contributed by atoms with Gasteiger partial charge in [0.15, 0.2) is 5.65 Å². The van der Waals surface area contributed by atoms with Gasteiger partial charge in [0.25, 0.3) is 5.56 Å². The van der Waals surface area contributed by atoms with Crippen molar-refractivity contribution in [1.82, 2.24) is 19.9 Å². The van der Waals surface area contributed by atoms with Crippen molar-refractivity contribution in [2.24, 2.45) is 0 Å². The first kappa shape index (κ1) is 19.4. The van der Waals surface area contributed by atoms with Gasteiger partial charge in [-0.05, 0) is 44.4 Å². The van der Waals surface area contributed by atoms with Gasteiger partial charge in [-0.2, -0.15) is 0 Å². The standard InChI is InChI=1S/C21H21ClFN5O/c1-3-15(23)13(8-11(2)22)14-9-17(18(12-4-5-12)28-21(14)29)27-16-6-7-24-20-19(16)25-10-26-20/h6-10,12H,3-5H2,1-2H3,(H,28,29)(H2,24,25,26,27)/b11-8+,15-13-. The molecule has 0 aliphatic heterocycles. The molecule has 0 bridgehead atoms. The smallest absolute Gasteiger partial charge is 0.256 e. The number of aromatic nitrogens is 4. The van der Waals surface area contributed by atoms with Crippen LogP contribution >= 0.6 is 11.6 Å². The molecule has 1 aliphatic carbocycles. The van der Waals surface area contributed by atoms with E-state index in [0.29, 0.717) is 10.7 Å². The summed E-state index contributed by atoms with van der Waals surface area (Å²) in [6.45, 7) is 3.35. The van der Waals surface area contributed by atoms with Crippen molar-refractivity contribution in [3.8, 4) is 0 Å². The Kier molecular flexibility index (Phi) is 5.24. The lowest BCUT2D eigenvalue weighted by molar-refractivity contribution is 0.608. The first-order valence-corrected chi connectivity index (χ1v) is 9.90. The number of fused-ring (bicyclic) bond motifs is 1. The van der Waals surface area contributed by atoms with Gasteiger partial charge in [-0.1, -0.05) is 18.5 Å². The zero-order chi connectivity index (χ0) is 20.5. The van der Waals surface area contributed by atoms with E-state index >= 15 is 0 Å². The molecule has 8 heteroatoms. The molecule has 4 rings (SSSR count). The van der Waals surface area contributed by atoms with Crippen molar-refractivity contribution in [3.05, 3.63) is 63.2 Å². The van der Waals surface area contributed by atoms with E-state index in [4.69, 9.17) is 11.6 Å². The largest absolute Gasteiger partial charge is 0.352 e. The summed E-state index contributed by atoms with van der Waals surface area (Å²) in [5.41, 5.74) is 3.79. The molecule has 0 saturated heterocycles.